The molecule has 6 nitrogen and oxygen atoms in total. The van der Waals surface area contributed by atoms with Crippen LogP contribution in [0.25, 0.3) is 0 Å². The van der Waals surface area contributed by atoms with E-state index in [9.17, 15) is 9.90 Å². The Morgan fingerprint density at radius 1 is 0.636 bits per heavy atom. The van der Waals surface area contributed by atoms with Crippen molar-refractivity contribution in [2.75, 3.05) is 64.2 Å². The van der Waals surface area contributed by atoms with E-state index in [2.05, 4.69) is 122 Å². The molecule has 0 saturated heterocycles. The molecule has 1 N–H and O–H groups in total. The van der Waals surface area contributed by atoms with E-state index < -0.39 is 11.9 Å². The van der Waals surface area contributed by atoms with Crippen LogP contribution >= 0.6 is 23.5 Å². The summed E-state index contributed by atoms with van der Waals surface area (Å²) in [5.41, 5.74) is 8.55. The molecule has 0 spiro atoms. The fourth-order valence-corrected chi connectivity index (χ4v) is 8.28. The van der Waals surface area contributed by atoms with Crippen LogP contribution in [0.4, 0.5) is 22.7 Å². The van der Waals surface area contributed by atoms with Crippen LogP contribution in [0, 0.1) is 13.8 Å². The van der Waals surface area contributed by atoms with Gasteiger partial charge in [0.05, 0.1) is 22.7 Å². The number of likely N-dealkylation sites (N-methyl/N-ethyl adjacent to an activating group) is 2. The Kier molecular flexibility index (Phi) is 8.70. The van der Waals surface area contributed by atoms with E-state index in [1.54, 1.807) is 23.5 Å². The summed E-state index contributed by atoms with van der Waals surface area (Å²) in [6.07, 6.45) is 0. The molecule has 0 unspecified atom stereocenters. The number of carbonyl (C=O) groups is 1. The Morgan fingerprint density at radius 2 is 1.07 bits per heavy atom. The van der Waals surface area contributed by atoms with Crippen molar-refractivity contribution in [2.45, 2.75) is 39.3 Å². The van der Waals surface area contributed by atoms with E-state index in [4.69, 9.17) is 0 Å². The maximum Gasteiger partial charge on any atom is 0.315 e. The van der Waals surface area contributed by atoms with Crippen LogP contribution in [0.2, 0.25) is 0 Å². The Hall–Kier alpha value is -3.43. The average molecular weight is 625 g/mol. The maximum atomic E-state index is 13.1. The lowest BCUT2D eigenvalue weighted by Gasteiger charge is -2.35. The first kappa shape index (κ1) is 30.6. The molecular formula is C36H40N4O2S2. The Morgan fingerprint density at radius 3 is 1.45 bits per heavy atom. The van der Waals surface area contributed by atoms with E-state index in [1.165, 1.54) is 32.3 Å². The zero-order valence-electron chi connectivity index (χ0n) is 26.3. The predicted molar refractivity (Wildman–Crippen MR) is 184 cm³/mol. The smallest absolute Gasteiger partial charge is 0.315 e. The van der Waals surface area contributed by atoms with Crippen molar-refractivity contribution in [3.63, 3.8) is 0 Å². The van der Waals surface area contributed by atoms with Gasteiger partial charge in [-0.25, -0.2) is 0 Å². The van der Waals surface area contributed by atoms with Gasteiger partial charge < -0.3 is 24.7 Å². The first-order valence-corrected chi connectivity index (χ1v) is 16.6. The quantitative estimate of drug-likeness (QED) is 0.202. The summed E-state index contributed by atoms with van der Waals surface area (Å²) in [5, 5.41) is 10.7. The molecule has 8 heteroatoms. The zero-order chi connectivity index (χ0) is 31.1. The third-order valence-corrected chi connectivity index (χ3v) is 10.5. The van der Waals surface area contributed by atoms with Crippen LogP contribution in [0.3, 0.4) is 0 Å². The minimum absolute atomic E-state index is 0.786. The van der Waals surface area contributed by atoms with Gasteiger partial charge >= 0.3 is 5.97 Å². The van der Waals surface area contributed by atoms with Crippen LogP contribution in [0.5, 0.6) is 0 Å². The Balaban J connectivity index is 1.41. The van der Waals surface area contributed by atoms with Gasteiger partial charge in [-0.2, -0.15) is 0 Å². The van der Waals surface area contributed by atoms with Gasteiger partial charge in [-0.15, -0.1) is 0 Å². The highest BCUT2D eigenvalue weighted by atomic mass is 32.2. The molecule has 0 fully saturated rings. The number of aryl methyl sites for hydroxylation is 2. The number of hydrogen-bond donors (Lipinski definition) is 1. The second-order valence-electron chi connectivity index (χ2n) is 12.3. The highest BCUT2D eigenvalue weighted by Crippen LogP contribution is 2.51. The molecule has 0 aromatic heterocycles. The van der Waals surface area contributed by atoms with Crippen molar-refractivity contribution in [1.82, 2.24) is 9.80 Å². The van der Waals surface area contributed by atoms with Gasteiger partial charge in [0.1, 0.15) is 5.92 Å². The lowest BCUT2D eigenvalue weighted by atomic mass is 9.90. The summed E-state index contributed by atoms with van der Waals surface area (Å²) in [6.45, 7) is 7.65. The molecule has 228 valence electrons. The Labute approximate surface area is 269 Å². The lowest BCUT2D eigenvalue weighted by molar-refractivity contribution is -0.137. The number of rotatable bonds is 9. The van der Waals surface area contributed by atoms with E-state index in [1.807, 2.05) is 12.1 Å². The van der Waals surface area contributed by atoms with Gasteiger partial charge in [-0.3, -0.25) is 4.79 Å². The fraction of sp³-hybridized carbons (Fsp3) is 0.306. The topological polar surface area (TPSA) is 50.3 Å². The van der Waals surface area contributed by atoms with Crippen LogP contribution in [0.1, 0.15) is 28.2 Å². The molecular weight excluding hydrogens is 585 g/mol. The maximum absolute atomic E-state index is 13.1. The van der Waals surface area contributed by atoms with Gasteiger partial charge in [-0.1, -0.05) is 47.8 Å². The Bertz CT molecular complexity index is 1600. The third kappa shape index (κ3) is 6.09. The van der Waals surface area contributed by atoms with Crippen LogP contribution in [-0.2, 0) is 4.79 Å². The standard InChI is InChI=1S/C36H40N4O2S2/c1-23-7-11-27-33(19-23)43-31-13-9-25(21-29(31)39(27)17-15-37(3)4)35(36(41)42)26-10-14-32-30(22-26)40(18-16-38(5)6)28-12-8-24(2)20-34(28)44-32/h7-14,19-22,35H,15-18H2,1-6H3,(H,41,42). The van der Waals surface area contributed by atoms with Gasteiger partial charge in [-0.05, 0) is 113 Å². The molecule has 6 rings (SSSR count). The molecule has 4 aromatic rings. The van der Waals surface area contributed by atoms with E-state index in [0.717, 1.165) is 58.5 Å². The normalized spacial score (nSPS) is 13.7. The van der Waals surface area contributed by atoms with E-state index in [-0.39, 0.29) is 0 Å². The molecule has 0 amide bonds. The van der Waals surface area contributed by atoms with Crippen molar-refractivity contribution in [2.24, 2.45) is 0 Å². The van der Waals surface area contributed by atoms with Crippen LogP contribution in [0.15, 0.2) is 92.4 Å². The fourth-order valence-electron chi connectivity index (χ4n) is 5.93. The summed E-state index contributed by atoms with van der Waals surface area (Å²) >= 11 is 3.53. The van der Waals surface area contributed by atoms with Crippen molar-refractivity contribution >= 4 is 52.2 Å². The number of carboxylic acid groups (broad SMARTS) is 1. The summed E-state index contributed by atoms with van der Waals surface area (Å²) in [5.74, 6) is -1.63. The van der Waals surface area contributed by atoms with Gasteiger partial charge in [0.15, 0.2) is 0 Å². The van der Waals surface area contributed by atoms with E-state index >= 15 is 0 Å². The zero-order valence-corrected chi connectivity index (χ0v) is 27.9. The van der Waals surface area contributed by atoms with Crippen LogP contribution in [-0.4, -0.2) is 75.2 Å². The van der Waals surface area contributed by atoms with Crippen molar-refractivity contribution in [3.05, 3.63) is 95.1 Å². The third-order valence-electron chi connectivity index (χ3n) is 8.25. The molecule has 2 aliphatic rings. The number of fused-ring (bicyclic) bond motifs is 4. The summed E-state index contributed by atoms with van der Waals surface area (Å²) in [4.78, 5) is 26.9. The molecule has 2 aliphatic heterocycles. The molecule has 0 atom stereocenters. The first-order chi connectivity index (χ1) is 21.1. The molecule has 0 bridgehead atoms. The summed E-state index contributed by atoms with van der Waals surface area (Å²) in [6, 6.07) is 25.6. The van der Waals surface area contributed by atoms with E-state index in [0.29, 0.717) is 0 Å². The number of nitrogens with zero attached hydrogens (tertiary/aromatic N) is 4. The van der Waals surface area contributed by atoms with Crippen molar-refractivity contribution < 1.29 is 9.90 Å². The average Bonchev–Trinajstić information content (AvgIpc) is 2.97. The van der Waals surface area contributed by atoms with Crippen molar-refractivity contribution in [1.29, 1.82) is 0 Å². The second-order valence-corrected chi connectivity index (χ2v) is 14.4. The second kappa shape index (κ2) is 12.5. The van der Waals surface area contributed by atoms with Crippen LogP contribution < -0.4 is 9.80 Å². The lowest BCUT2D eigenvalue weighted by Crippen LogP contribution is -2.30. The molecule has 0 aliphatic carbocycles. The molecule has 44 heavy (non-hydrogen) atoms. The minimum Gasteiger partial charge on any atom is -0.481 e. The largest absolute Gasteiger partial charge is 0.481 e. The van der Waals surface area contributed by atoms with Crippen molar-refractivity contribution in [3.8, 4) is 0 Å². The number of anilines is 4. The summed E-state index contributed by atoms with van der Waals surface area (Å²) < 4.78 is 0. The molecule has 0 radical (unpaired) electrons. The van der Waals surface area contributed by atoms with Gasteiger partial charge in [0.25, 0.3) is 0 Å². The number of aliphatic carboxylic acids is 1. The van der Waals surface area contributed by atoms with Gasteiger partial charge in [0.2, 0.25) is 0 Å². The highest BCUT2D eigenvalue weighted by Gasteiger charge is 2.30. The highest BCUT2D eigenvalue weighted by molar-refractivity contribution is 8.00. The number of hydrogen-bond acceptors (Lipinski definition) is 7. The predicted octanol–water partition coefficient (Wildman–Crippen LogP) is 7.85. The first-order valence-electron chi connectivity index (χ1n) is 15.0. The molecule has 4 aromatic carbocycles. The SMILES string of the molecule is Cc1ccc2c(c1)Sc1ccc(C(C(=O)O)c3ccc4c(c3)N(CCN(C)C)c3ccc(C)cc3S4)cc1N2CCN(C)C. The molecule has 2 heterocycles. The minimum atomic E-state index is -0.844. The summed E-state index contributed by atoms with van der Waals surface area (Å²) in [7, 11) is 8.34. The van der Waals surface area contributed by atoms with Gasteiger partial charge in [0, 0.05) is 45.8 Å². The number of carboxylic acids is 1. The molecule has 0 saturated carbocycles. The monoisotopic (exact) mass is 624 g/mol. The number of benzene rings is 4.